The molecule has 0 aliphatic heterocycles. The smallest absolute Gasteiger partial charge is 0.138 e. The van der Waals surface area contributed by atoms with Crippen molar-refractivity contribution in [3.05, 3.63) is 65.4 Å². The van der Waals surface area contributed by atoms with Gasteiger partial charge in [0.05, 0.1) is 11.2 Å². The largest absolute Gasteiger partial charge is 0.294 e. The minimum atomic E-state index is 0.863. The number of benzene rings is 1. The zero-order chi connectivity index (χ0) is 13.5. The maximum absolute atomic E-state index is 4.70. The number of aromatic nitrogens is 3. The highest BCUT2D eigenvalue weighted by Gasteiger charge is 2.12. The molecule has 0 radical (unpaired) electrons. The van der Waals surface area contributed by atoms with Gasteiger partial charge in [-0.2, -0.15) is 0 Å². The molecule has 0 atom stereocenters. The van der Waals surface area contributed by atoms with Gasteiger partial charge in [-0.3, -0.25) is 4.40 Å². The summed E-state index contributed by atoms with van der Waals surface area (Å²) in [4.78, 5) is 9.34. The van der Waals surface area contributed by atoms with Crippen LogP contribution in [0.25, 0.3) is 27.9 Å². The summed E-state index contributed by atoms with van der Waals surface area (Å²) in [6.07, 6.45) is 1.98. The molecule has 20 heavy (non-hydrogen) atoms. The Morgan fingerprint density at radius 1 is 0.850 bits per heavy atom. The maximum atomic E-state index is 4.70. The number of para-hydroxylation sites is 1. The molecule has 0 fully saturated rings. The summed E-state index contributed by atoms with van der Waals surface area (Å²) in [5, 5.41) is 1.14. The zero-order valence-electron chi connectivity index (χ0n) is 10.5. The fraction of sp³-hybridized carbons (Fsp3) is 0. The molecule has 0 saturated carbocycles. The summed E-state index contributed by atoms with van der Waals surface area (Å²) < 4.78 is 2.93. The molecule has 3 aromatic heterocycles. The van der Waals surface area contributed by atoms with Gasteiger partial charge in [0, 0.05) is 11.6 Å². The van der Waals surface area contributed by atoms with Crippen LogP contribution < -0.4 is 0 Å². The molecule has 0 N–H and O–H groups in total. The second-order valence-electron chi connectivity index (χ2n) is 4.57. The summed E-state index contributed by atoms with van der Waals surface area (Å²) in [6.45, 7) is 0. The fourth-order valence-electron chi connectivity index (χ4n) is 2.33. The average molecular weight is 324 g/mol. The number of hydrogen-bond acceptors (Lipinski definition) is 2. The van der Waals surface area contributed by atoms with Gasteiger partial charge in [0.15, 0.2) is 0 Å². The van der Waals surface area contributed by atoms with Gasteiger partial charge in [-0.15, -0.1) is 0 Å². The highest BCUT2D eigenvalue weighted by atomic mass is 79.9. The van der Waals surface area contributed by atoms with Gasteiger partial charge in [-0.25, -0.2) is 9.97 Å². The van der Waals surface area contributed by atoms with E-state index >= 15 is 0 Å². The number of halogens is 1. The topological polar surface area (TPSA) is 30.2 Å². The van der Waals surface area contributed by atoms with E-state index in [0.29, 0.717) is 0 Å². The van der Waals surface area contributed by atoms with Crippen LogP contribution in [0.1, 0.15) is 0 Å². The molecule has 0 saturated heterocycles. The number of fused-ring (bicyclic) bond motifs is 2. The zero-order valence-corrected chi connectivity index (χ0v) is 12.1. The standard InChI is InChI=1S/C16H10BrN3/c17-16-15(19-14-7-3-4-10-20(14)16)13-9-8-11-5-1-2-6-12(11)18-13/h1-10H. The van der Waals surface area contributed by atoms with E-state index in [1.807, 2.05) is 53.1 Å². The van der Waals surface area contributed by atoms with E-state index in [-0.39, 0.29) is 0 Å². The fourth-order valence-corrected chi connectivity index (χ4v) is 2.92. The van der Waals surface area contributed by atoms with Crippen molar-refractivity contribution in [2.45, 2.75) is 0 Å². The predicted octanol–water partition coefficient (Wildman–Crippen LogP) is 4.31. The Labute approximate surface area is 124 Å². The van der Waals surface area contributed by atoms with E-state index < -0.39 is 0 Å². The van der Waals surface area contributed by atoms with Gasteiger partial charge in [0.1, 0.15) is 15.9 Å². The molecule has 3 heterocycles. The highest BCUT2D eigenvalue weighted by molar-refractivity contribution is 9.10. The Morgan fingerprint density at radius 2 is 1.70 bits per heavy atom. The van der Waals surface area contributed by atoms with Crippen molar-refractivity contribution in [3.63, 3.8) is 0 Å². The Bertz CT molecular complexity index is 927. The Morgan fingerprint density at radius 3 is 2.60 bits per heavy atom. The molecule has 4 rings (SSSR count). The Hall–Kier alpha value is -2.20. The van der Waals surface area contributed by atoms with Crippen LogP contribution in [-0.2, 0) is 0 Å². The van der Waals surface area contributed by atoms with Crippen molar-refractivity contribution in [2.24, 2.45) is 0 Å². The minimum Gasteiger partial charge on any atom is -0.294 e. The predicted molar refractivity (Wildman–Crippen MR) is 83.6 cm³/mol. The molecule has 0 unspecified atom stereocenters. The molecule has 0 spiro atoms. The van der Waals surface area contributed by atoms with Crippen LogP contribution in [0, 0.1) is 0 Å². The molecule has 0 aliphatic carbocycles. The van der Waals surface area contributed by atoms with Gasteiger partial charge in [-0.1, -0.05) is 30.3 Å². The van der Waals surface area contributed by atoms with Gasteiger partial charge in [-0.05, 0) is 40.2 Å². The summed E-state index contributed by atoms with van der Waals surface area (Å²) in [5.41, 5.74) is 3.62. The van der Waals surface area contributed by atoms with E-state index in [1.165, 1.54) is 0 Å². The van der Waals surface area contributed by atoms with Crippen LogP contribution in [0.15, 0.2) is 65.4 Å². The summed E-state index contributed by atoms with van der Waals surface area (Å²) in [5.74, 6) is 0. The quantitative estimate of drug-likeness (QED) is 0.522. The first-order valence-corrected chi connectivity index (χ1v) is 7.11. The van der Waals surface area contributed by atoms with Gasteiger partial charge in [0.2, 0.25) is 0 Å². The second-order valence-corrected chi connectivity index (χ2v) is 5.32. The normalized spacial score (nSPS) is 11.2. The SMILES string of the molecule is Brc1c(-c2ccc3ccccc3n2)nc2ccccn12. The van der Waals surface area contributed by atoms with Crippen molar-refractivity contribution >= 4 is 32.5 Å². The first-order valence-electron chi connectivity index (χ1n) is 6.32. The van der Waals surface area contributed by atoms with Gasteiger partial charge < -0.3 is 0 Å². The van der Waals surface area contributed by atoms with Gasteiger partial charge in [0.25, 0.3) is 0 Å². The number of nitrogens with zero attached hydrogens (tertiary/aromatic N) is 3. The van der Waals surface area contributed by atoms with Crippen molar-refractivity contribution in [1.82, 2.24) is 14.4 Å². The maximum Gasteiger partial charge on any atom is 0.138 e. The van der Waals surface area contributed by atoms with Gasteiger partial charge >= 0.3 is 0 Å². The number of imidazole rings is 1. The third-order valence-electron chi connectivity index (χ3n) is 3.31. The van der Waals surface area contributed by atoms with Crippen LogP contribution in [0.4, 0.5) is 0 Å². The van der Waals surface area contributed by atoms with Crippen LogP contribution >= 0.6 is 15.9 Å². The molecule has 1 aromatic carbocycles. The summed E-state index contributed by atoms with van der Waals surface area (Å²) >= 11 is 3.61. The molecular formula is C16H10BrN3. The summed E-state index contributed by atoms with van der Waals surface area (Å²) in [7, 11) is 0. The lowest BCUT2D eigenvalue weighted by Crippen LogP contribution is -1.86. The van der Waals surface area contributed by atoms with Crippen LogP contribution in [0.2, 0.25) is 0 Å². The summed E-state index contributed by atoms with van der Waals surface area (Å²) in [6, 6.07) is 18.1. The lowest BCUT2D eigenvalue weighted by atomic mass is 10.2. The molecule has 3 nitrogen and oxygen atoms in total. The number of rotatable bonds is 1. The Kier molecular flexibility index (Phi) is 2.57. The molecular weight excluding hydrogens is 314 g/mol. The molecule has 96 valence electrons. The second kappa shape index (κ2) is 4.42. The minimum absolute atomic E-state index is 0.863. The first-order chi connectivity index (χ1) is 9.83. The monoisotopic (exact) mass is 323 g/mol. The van der Waals surface area contributed by atoms with Crippen LogP contribution in [-0.4, -0.2) is 14.4 Å². The number of hydrogen-bond donors (Lipinski definition) is 0. The average Bonchev–Trinajstić information content (AvgIpc) is 2.84. The lowest BCUT2D eigenvalue weighted by molar-refractivity contribution is 1.15. The van der Waals surface area contributed by atoms with Crippen LogP contribution in [0.5, 0.6) is 0 Å². The van der Waals surface area contributed by atoms with Crippen molar-refractivity contribution in [1.29, 1.82) is 0 Å². The Balaban J connectivity index is 1.98. The van der Waals surface area contributed by atoms with Crippen molar-refractivity contribution < 1.29 is 0 Å². The van der Waals surface area contributed by atoms with E-state index in [2.05, 4.69) is 33.0 Å². The van der Waals surface area contributed by atoms with Crippen molar-refractivity contribution in [3.8, 4) is 11.4 Å². The molecule has 0 amide bonds. The molecule has 0 aliphatic rings. The first kappa shape index (κ1) is 11.6. The highest BCUT2D eigenvalue weighted by Crippen LogP contribution is 2.28. The third kappa shape index (κ3) is 1.72. The molecule has 4 heteroatoms. The van der Waals surface area contributed by atoms with E-state index in [1.54, 1.807) is 0 Å². The number of pyridine rings is 2. The lowest BCUT2D eigenvalue weighted by Gasteiger charge is -2.01. The third-order valence-corrected chi connectivity index (χ3v) is 4.07. The van der Waals surface area contributed by atoms with Crippen molar-refractivity contribution in [2.75, 3.05) is 0 Å². The van der Waals surface area contributed by atoms with E-state index in [9.17, 15) is 0 Å². The molecule has 4 aromatic rings. The van der Waals surface area contributed by atoms with Crippen LogP contribution in [0.3, 0.4) is 0 Å². The van der Waals surface area contributed by atoms with E-state index in [0.717, 1.165) is 32.5 Å². The van der Waals surface area contributed by atoms with E-state index in [4.69, 9.17) is 4.98 Å². The molecule has 0 bridgehead atoms.